The molecular formula is C74H87N27O37P6. The van der Waals surface area contributed by atoms with Crippen LogP contribution < -0.4 is 62.2 Å². The molecule has 64 nitrogen and oxygen atoms in total. The summed E-state index contributed by atoms with van der Waals surface area (Å²) in [5.41, 5.74) is 24.7. The van der Waals surface area contributed by atoms with E-state index in [4.69, 9.17) is 111 Å². The van der Waals surface area contributed by atoms with Gasteiger partial charge in [0.1, 0.15) is 116 Å². The van der Waals surface area contributed by atoms with Gasteiger partial charge in [0.05, 0.1) is 84.0 Å². The Morgan fingerprint density at radius 1 is 0.354 bits per heavy atom. The van der Waals surface area contributed by atoms with Crippen molar-refractivity contribution >= 4 is 132 Å². The van der Waals surface area contributed by atoms with Gasteiger partial charge in [-0.3, -0.25) is 131 Å². The Kier molecular flexibility index (Phi) is 28.3. The van der Waals surface area contributed by atoms with Crippen molar-refractivity contribution in [2.75, 3.05) is 74.9 Å². The molecule has 0 radical (unpaired) electrons. The van der Waals surface area contributed by atoms with Crippen LogP contribution in [-0.4, -0.2) is 261 Å². The lowest BCUT2D eigenvalue weighted by Crippen LogP contribution is -2.33. The lowest BCUT2D eigenvalue weighted by molar-refractivity contribution is -0.0639. The summed E-state index contributed by atoms with van der Waals surface area (Å²) < 4.78 is 198. The number of ether oxygens (including phenoxy) is 6. The molecular weight excluding hydrogens is 2040 g/mol. The van der Waals surface area contributed by atoms with Gasteiger partial charge in [0.2, 0.25) is 23.8 Å². The maximum Gasteiger partial charge on any atom is 0.472 e. The molecule has 17 heterocycles. The first-order valence-electron chi connectivity index (χ1n) is 43.2. The predicted molar refractivity (Wildman–Crippen MR) is 483 cm³/mol. The summed E-state index contributed by atoms with van der Waals surface area (Å²) in [7, 11) is -33.1. The average Bonchev–Trinajstić information content (AvgIpc) is 1.69. The van der Waals surface area contributed by atoms with Gasteiger partial charge in [-0.05, 0) is 18.1 Å². The summed E-state index contributed by atoms with van der Waals surface area (Å²) in [5.74, 6) is -2.14. The van der Waals surface area contributed by atoms with E-state index in [0.717, 1.165) is 49.8 Å². The normalized spacial score (nSPS) is 27.3. The van der Waals surface area contributed by atoms with Gasteiger partial charge in [0.15, 0.2) is 56.1 Å². The summed E-state index contributed by atoms with van der Waals surface area (Å²) >= 11 is 0. The van der Waals surface area contributed by atoms with Gasteiger partial charge >= 0.3 is 52.6 Å². The van der Waals surface area contributed by atoms with Gasteiger partial charge in [-0.15, -0.1) is 0 Å². The third-order valence-electron chi connectivity index (χ3n) is 23.9. The second kappa shape index (κ2) is 40.4. The van der Waals surface area contributed by atoms with Crippen molar-refractivity contribution in [2.24, 2.45) is 0 Å². The van der Waals surface area contributed by atoms with Crippen LogP contribution in [0, 0.1) is 6.92 Å². The van der Waals surface area contributed by atoms with Crippen molar-refractivity contribution in [3.63, 3.8) is 0 Å². The molecule has 0 aliphatic carbocycles. The molecule has 70 heteroatoms. The Labute approximate surface area is 801 Å². The fourth-order valence-electron chi connectivity index (χ4n) is 17.2. The van der Waals surface area contributed by atoms with E-state index >= 15 is 0 Å². The largest absolute Gasteiger partial charge is 0.472 e. The van der Waals surface area contributed by atoms with Gasteiger partial charge in [0, 0.05) is 56.2 Å². The highest BCUT2D eigenvalue weighted by atomic mass is 31.2. The smallest absolute Gasteiger partial charge is 0.390 e. The van der Waals surface area contributed by atoms with Crippen LogP contribution in [0.4, 0.5) is 29.6 Å². The van der Waals surface area contributed by atoms with Gasteiger partial charge in [-0.25, -0.2) is 67.1 Å². The average molecular weight is 2130 g/mol. The summed E-state index contributed by atoms with van der Waals surface area (Å²) in [4.78, 5) is 204. The number of nitrogens with two attached hydrogens (primary N) is 5. The number of H-pyrrole nitrogens is 5. The Morgan fingerprint density at radius 2 is 0.639 bits per heavy atom. The van der Waals surface area contributed by atoms with Crippen molar-refractivity contribution in [3.05, 3.63) is 184 Å². The Hall–Kier alpha value is -11.6. The molecule has 6 saturated heterocycles. The number of nitrogens with one attached hydrogen (secondary N) is 5. The number of aromatic amines is 5. The molecule has 770 valence electrons. The third kappa shape index (κ3) is 22.1. The van der Waals surface area contributed by atoms with Crippen molar-refractivity contribution in [1.82, 2.24) is 107 Å². The van der Waals surface area contributed by atoms with E-state index in [1.165, 1.54) is 28.7 Å². The lowest BCUT2D eigenvalue weighted by Gasteiger charge is -2.26. The zero-order valence-electron chi connectivity index (χ0n) is 74.0. The number of aryl methyl sites for hydroxylation is 1. The zero-order chi connectivity index (χ0) is 102. The third-order valence-corrected chi connectivity index (χ3v) is 29.9. The molecule has 24 atom stereocenters. The van der Waals surface area contributed by atoms with Crippen LogP contribution in [0.5, 0.6) is 0 Å². The first kappa shape index (κ1) is 101. The number of aliphatic hydroxyl groups excluding tert-OH is 1. The summed E-state index contributed by atoms with van der Waals surface area (Å²) in [6, 6.07) is 17.7. The number of hydrogen-bond donors (Lipinski definition) is 17. The van der Waals surface area contributed by atoms with Crippen molar-refractivity contribution in [3.8, 4) is 0 Å². The van der Waals surface area contributed by atoms with Crippen LogP contribution in [0.2, 0.25) is 0 Å². The molecule has 6 aliphatic heterocycles. The van der Waals surface area contributed by atoms with E-state index in [1.807, 2.05) is 0 Å². The number of benzene rings is 2. The monoisotopic (exact) mass is 2130 g/mol. The van der Waals surface area contributed by atoms with Crippen LogP contribution in [0.15, 0.2) is 134 Å². The number of phosphoric ester groups is 6. The topological polar surface area (TPSA) is 893 Å². The van der Waals surface area contributed by atoms with Crippen molar-refractivity contribution in [2.45, 2.75) is 162 Å². The molecule has 13 aromatic rings. The molecule has 6 aliphatic rings. The Morgan fingerprint density at radius 3 is 0.972 bits per heavy atom. The van der Waals surface area contributed by atoms with Crippen LogP contribution in [0.1, 0.15) is 98.5 Å². The minimum absolute atomic E-state index is 0.00444. The van der Waals surface area contributed by atoms with Crippen LogP contribution in [-0.2, 0) is 110 Å². The van der Waals surface area contributed by atoms with E-state index in [2.05, 4.69) is 79.7 Å². The van der Waals surface area contributed by atoms with E-state index in [9.17, 15) is 90.6 Å². The maximum absolute atomic E-state index is 14.8. The zero-order valence-corrected chi connectivity index (χ0v) is 79.4. The van der Waals surface area contributed by atoms with Crippen molar-refractivity contribution < 1.29 is 145 Å². The number of hydrogen-bond acceptors (Lipinski definition) is 47. The van der Waals surface area contributed by atoms with Crippen molar-refractivity contribution in [1.29, 1.82) is 0 Å². The van der Waals surface area contributed by atoms with Gasteiger partial charge in [-0.2, -0.15) is 19.9 Å². The molecule has 2 aromatic carbocycles. The quantitative estimate of drug-likeness (QED) is 0.0236. The predicted octanol–water partition coefficient (Wildman–Crippen LogP) is 0.691. The van der Waals surface area contributed by atoms with Gasteiger partial charge in [-0.1, -0.05) is 60.7 Å². The fraction of sp³-hybridized carbons (Fsp3) is 0.446. The second-order valence-corrected chi connectivity index (χ2v) is 41.9. The number of rotatable bonds is 39. The number of nitrogens with zero attached hydrogens (tertiary/aromatic N) is 17. The molecule has 22 N–H and O–H groups in total. The minimum atomic E-state index is -5.73. The highest BCUT2D eigenvalue weighted by Crippen LogP contribution is 2.58. The van der Waals surface area contributed by atoms with Crippen LogP contribution in [0.3, 0.4) is 0 Å². The van der Waals surface area contributed by atoms with E-state index in [0.29, 0.717) is 11.1 Å². The lowest BCUT2D eigenvalue weighted by atomic mass is 9.92. The number of imidazole rings is 5. The number of anilines is 5. The van der Waals surface area contributed by atoms with E-state index in [-0.39, 0.29) is 86.0 Å². The van der Waals surface area contributed by atoms with Gasteiger partial charge < -0.3 is 91.6 Å². The highest BCUT2D eigenvalue weighted by molar-refractivity contribution is 7.48. The highest BCUT2D eigenvalue weighted by Gasteiger charge is 2.53. The molecule has 0 bridgehead atoms. The molecule has 6 fully saturated rings. The summed E-state index contributed by atoms with van der Waals surface area (Å²) in [6.07, 6.45) is -23.2. The Bertz CT molecular complexity index is 7680. The molecule has 19 rings (SSSR count). The summed E-state index contributed by atoms with van der Waals surface area (Å²) in [6.45, 7) is -5.27. The number of aromatic nitrogens is 22. The maximum atomic E-state index is 14.8. The van der Waals surface area contributed by atoms with E-state index in [1.54, 1.807) is 60.7 Å². The number of nitrogen functional groups attached to an aromatic ring is 5. The standard InChI is InChI=1S/C74H87N27O37P6/c1-32-18-96(74(108)95-65(32)103)49-13-37(43(129-49)21-122-139(109,110)121-19-35(33-8-4-2-5-9-33)34-10-6-3-7-11-34)134-141(113,114)125-23-45-39(15-51(131-45)99-29-84-56-62(99)88-71(77)92-67(56)105)137-143(117,118)127-25-47-41(17-53(133-47)101-31-86-58-64(101)90-73(79)94-69(58)107)138-144(119,120)126-24-46-40(16-52(132-46)100-30-85-57-63(100)89-72(78)93-68(57)106)136-142(115,116)124-22-44-38(14-50(130-44)97-27-82-54-59(75)80-26-81-60(54)97)135-140(111,112)123-20-42-36(102)12-48(128-42)98-28-83-55-61(98)87-70(76)91-66(55)104/h2-11,18,26-31,35-53,102H,12-17,19-25H2,1H3,(H,109,110)(H,111,112)(H,113,114)(H,115,116)(H,117,118)(H,119,120)(H2,75,80,81)(H,95,103,108)(H3,76,87,91,104)(H3,77,88,92,105)(H3,78,89,93,106)(H3,79,90,94,107)/t36-,37-,38-,39-,40-,41-,42+,43+,44+,45+,46+,47+,48+,49+,50+,51+,52+,53+/m0/s1. The minimum Gasteiger partial charge on any atom is -0.390 e. The van der Waals surface area contributed by atoms with E-state index < -0.39 is 287 Å². The molecule has 144 heavy (non-hydrogen) atoms. The molecule has 11 aromatic heterocycles. The number of aliphatic hydroxyl groups is 1. The molecule has 0 amide bonds. The molecule has 0 saturated carbocycles. The summed E-state index contributed by atoms with van der Waals surface area (Å²) in [5, 5.41) is 11.1. The molecule has 0 spiro atoms. The number of phosphoric acid groups is 6. The SMILES string of the molecule is Cc1cn([C@H]2C[C@H](OP(=O)(O)OC[C@H]3O[C@@H](n4cnc5c(=O)[nH]c(N)nc54)C[C@@H]3OP(=O)(O)OC[C@H]3O[C@@H](n4cnc5c(=O)[nH]c(N)nc54)C[C@@H]3OP(=O)(O)OC[C@H]3O[C@@H](n4cnc5c(=O)[nH]c(N)nc54)C[C@@H]3OP(=O)(O)OC[C@H]3O[C@@H](n4cnc5c(N)ncnc54)C[C@@H]3OP(=O)(O)OC[C@H]3O[C@@H](n4cnc5c(=O)[nH]c(N)nc54)C[C@@H]3O)[C@@H](COP(=O)(O)OCC(c3ccccc3)c3ccccc3)O2)c(=O)[nH]c1=O. The first-order chi connectivity index (χ1) is 68.5. The molecule has 6 unspecified atom stereocenters. The van der Waals surface area contributed by atoms with Gasteiger partial charge in [0.25, 0.3) is 27.8 Å². The first-order valence-corrected chi connectivity index (χ1v) is 52.2. The van der Waals surface area contributed by atoms with Crippen LogP contribution >= 0.6 is 46.9 Å². The Balaban J connectivity index is 0.548. The fourth-order valence-corrected chi connectivity index (χ4v) is 22.7. The number of fused-ring (bicyclic) bond motifs is 5. The van der Waals surface area contributed by atoms with Crippen LogP contribution in [0.25, 0.3) is 55.8 Å². The second-order valence-electron chi connectivity index (χ2n) is 33.4.